The van der Waals surface area contributed by atoms with Gasteiger partial charge in [0.2, 0.25) is 0 Å². The summed E-state index contributed by atoms with van der Waals surface area (Å²) in [5.74, 6) is 0.0350. The van der Waals surface area contributed by atoms with Crippen LogP contribution < -0.4 is 0 Å². The standard InChI is InChI=1S/C15H13BrO3S/c1-19-15(17)12-8-6-11(7-9-12)10-20(18)14-5-3-2-4-13(14)16/h2-9H,10H2,1H3. The Bertz CT molecular complexity index is 638. The molecule has 0 heterocycles. The molecular weight excluding hydrogens is 340 g/mol. The lowest BCUT2D eigenvalue weighted by Crippen LogP contribution is -2.02. The summed E-state index contributed by atoms with van der Waals surface area (Å²) in [5.41, 5.74) is 1.40. The lowest BCUT2D eigenvalue weighted by atomic mass is 10.1. The van der Waals surface area contributed by atoms with E-state index >= 15 is 0 Å². The molecule has 1 unspecified atom stereocenters. The van der Waals surface area contributed by atoms with E-state index in [-0.39, 0.29) is 5.97 Å². The van der Waals surface area contributed by atoms with E-state index in [1.54, 1.807) is 24.3 Å². The summed E-state index contributed by atoms with van der Waals surface area (Å²) < 4.78 is 17.8. The molecule has 0 amide bonds. The molecular formula is C15H13BrO3S. The second-order valence-electron chi connectivity index (χ2n) is 4.11. The monoisotopic (exact) mass is 352 g/mol. The van der Waals surface area contributed by atoms with Crippen molar-refractivity contribution >= 4 is 32.7 Å². The molecule has 0 aliphatic rings. The first-order valence-electron chi connectivity index (χ1n) is 5.92. The van der Waals surface area contributed by atoms with Gasteiger partial charge in [0.25, 0.3) is 0 Å². The molecule has 1 atom stereocenters. The molecule has 2 aromatic rings. The molecule has 0 aliphatic carbocycles. The normalized spacial score (nSPS) is 11.9. The molecule has 2 aromatic carbocycles. The maximum Gasteiger partial charge on any atom is 0.337 e. The number of halogens is 1. The second-order valence-corrected chi connectivity index (χ2v) is 6.38. The molecule has 0 bridgehead atoms. The zero-order chi connectivity index (χ0) is 14.5. The molecule has 0 spiro atoms. The molecule has 104 valence electrons. The van der Waals surface area contributed by atoms with Crippen LogP contribution in [0.2, 0.25) is 0 Å². The lowest BCUT2D eigenvalue weighted by Gasteiger charge is -2.05. The van der Waals surface area contributed by atoms with E-state index in [0.29, 0.717) is 11.3 Å². The van der Waals surface area contributed by atoms with Crippen LogP contribution in [-0.2, 0) is 21.3 Å². The third-order valence-corrected chi connectivity index (χ3v) is 5.15. The minimum Gasteiger partial charge on any atom is -0.465 e. The maximum atomic E-state index is 12.3. The van der Waals surface area contributed by atoms with Gasteiger partial charge >= 0.3 is 5.97 Å². The third kappa shape index (κ3) is 3.55. The van der Waals surface area contributed by atoms with Gasteiger partial charge in [0.15, 0.2) is 0 Å². The van der Waals surface area contributed by atoms with Crippen LogP contribution in [0.4, 0.5) is 0 Å². The fourth-order valence-electron chi connectivity index (χ4n) is 1.71. The summed E-state index contributed by atoms with van der Waals surface area (Å²) in [4.78, 5) is 12.1. The Hall–Kier alpha value is -1.46. The average molecular weight is 353 g/mol. The number of hydrogen-bond donors (Lipinski definition) is 0. The average Bonchev–Trinajstić information content (AvgIpc) is 2.47. The Balaban J connectivity index is 2.13. The highest BCUT2D eigenvalue weighted by Crippen LogP contribution is 2.22. The van der Waals surface area contributed by atoms with Gasteiger partial charge in [-0.1, -0.05) is 24.3 Å². The Morgan fingerprint density at radius 2 is 1.80 bits per heavy atom. The fraction of sp³-hybridized carbons (Fsp3) is 0.133. The second kappa shape index (κ2) is 6.81. The van der Waals surface area contributed by atoms with Crippen LogP contribution in [0.15, 0.2) is 57.9 Å². The van der Waals surface area contributed by atoms with Crippen molar-refractivity contribution in [2.45, 2.75) is 10.6 Å². The van der Waals surface area contributed by atoms with E-state index in [0.717, 1.165) is 14.9 Å². The van der Waals surface area contributed by atoms with Crippen molar-refractivity contribution in [2.75, 3.05) is 7.11 Å². The van der Waals surface area contributed by atoms with Crippen LogP contribution in [0.1, 0.15) is 15.9 Å². The first kappa shape index (κ1) is 14.9. The van der Waals surface area contributed by atoms with Crippen molar-refractivity contribution < 1.29 is 13.7 Å². The smallest absolute Gasteiger partial charge is 0.337 e. The van der Waals surface area contributed by atoms with E-state index < -0.39 is 10.8 Å². The molecule has 0 fully saturated rings. The predicted octanol–water partition coefficient (Wildman–Crippen LogP) is 3.54. The summed E-state index contributed by atoms with van der Waals surface area (Å²) in [6.07, 6.45) is 0. The third-order valence-electron chi connectivity index (χ3n) is 2.75. The van der Waals surface area contributed by atoms with Crippen molar-refractivity contribution in [1.82, 2.24) is 0 Å². The van der Waals surface area contributed by atoms with E-state index in [9.17, 15) is 9.00 Å². The van der Waals surface area contributed by atoms with Gasteiger partial charge in [0.1, 0.15) is 0 Å². The maximum absolute atomic E-state index is 12.3. The molecule has 0 aliphatic heterocycles. The fourth-order valence-corrected chi connectivity index (χ4v) is 3.71. The van der Waals surface area contributed by atoms with E-state index in [1.165, 1.54) is 7.11 Å². The molecule has 0 saturated carbocycles. The van der Waals surface area contributed by atoms with Gasteiger partial charge in [-0.05, 0) is 45.8 Å². The number of methoxy groups -OCH3 is 1. The summed E-state index contributed by atoms with van der Waals surface area (Å²) in [7, 11) is 0.217. The number of esters is 1. The largest absolute Gasteiger partial charge is 0.465 e. The quantitative estimate of drug-likeness (QED) is 0.790. The number of carbonyl (C=O) groups is 1. The summed E-state index contributed by atoms with van der Waals surface area (Å²) in [6.45, 7) is 0. The van der Waals surface area contributed by atoms with Crippen LogP contribution in [0.25, 0.3) is 0 Å². The van der Waals surface area contributed by atoms with Gasteiger partial charge in [-0.2, -0.15) is 0 Å². The van der Waals surface area contributed by atoms with Gasteiger partial charge in [-0.25, -0.2) is 4.79 Å². The van der Waals surface area contributed by atoms with E-state index in [2.05, 4.69) is 20.7 Å². The van der Waals surface area contributed by atoms with Gasteiger partial charge in [-0.15, -0.1) is 0 Å². The number of hydrogen-bond acceptors (Lipinski definition) is 3. The van der Waals surface area contributed by atoms with Crippen molar-refractivity contribution in [3.63, 3.8) is 0 Å². The first-order chi connectivity index (χ1) is 9.61. The Kier molecular flexibility index (Phi) is 5.09. The van der Waals surface area contributed by atoms with Crippen LogP contribution in [0.3, 0.4) is 0 Å². The van der Waals surface area contributed by atoms with Crippen LogP contribution >= 0.6 is 15.9 Å². The van der Waals surface area contributed by atoms with Crippen LogP contribution in [0.5, 0.6) is 0 Å². The Morgan fingerprint density at radius 3 is 2.40 bits per heavy atom. The van der Waals surface area contributed by atoms with Gasteiger partial charge in [-0.3, -0.25) is 4.21 Å². The summed E-state index contributed by atoms with van der Waals surface area (Å²) in [6, 6.07) is 14.4. The predicted molar refractivity (Wildman–Crippen MR) is 82.0 cm³/mol. The first-order valence-corrected chi connectivity index (χ1v) is 8.03. The Morgan fingerprint density at radius 1 is 1.15 bits per heavy atom. The van der Waals surface area contributed by atoms with Gasteiger partial charge in [0.05, 0.1) is 34.1 Å². The van der Waals surface area contributed by atoms with Crippen LogP contribution in [-0.4, -0.2) is 17.3 Å². The summed E-state index contributed by atoms with van der Waals surface area (Å²) >= 11 is 3.40. The van der Waals surface area contributed by atoms with Crippen molar-refractivity contribution in [3.8, 4) is 0 Å². The van der Waals surface area contributed by atoms with E-state index in [1.807, 2.05) is 24.3 Å². The number of rotatable bonds is 4. The zero-order valence-corrected chi connectivity index (χ0v) is 13.2. The molecule has 0 radical (unpaired) electrons. The lowest BCUT2D eigenvalue weighted by molar-refractivity contribution is 0.0600. The highest BCUT2D eigenvalue weighted by atomic mass is 79.9. The molecule has 20 heavy (non-hydrogen) atoms. The number of ether oxygens (including phenoxy) is 1. The molecule has 0 saturated heterocycles. The molecule has 0 N–H and O–H groups in total. The van der Waals surface area contributed by atoms with Crippen LogP contribution in [0, 0.1) is 0 Å². The molecule has 0 aromatic heterocycles. The minimum atomic E-state index is -1.13. The molecule has 2 rings (SSSR count). The molecule has 5 heteroatoms. The highest BCUT2D eigenvalue weighted by molar-refractivity contribution is 9.10. The Labute approximate surface area is 128 Å². The molecule has 3 nitrogen and oxygen atoms in total. The summed E-state index contributed by atoms with van der Waals surface area (Å²) in [5, 5.41) is 0. The highest BCUT2D eigenvalue weighted by Gasteiger charge is 2.10. The van der Waals surface area contributed by atoms with Crippen molar-refractivity contribution in [3.05, 3.63) is 64.1 Å². The number of benzene rings is 2. The van der Waals surface area contributed by atoms with Crippen molar-refractivity contribution in [1.29, 1.82) is 0 Å². The van der Waals surface area contributed by atoms with Crippen molar-refractivity contribution in [2.24, 2.45) is 0 Å². The minimum absolute atomic E-state index is 0.372. The van der Waals surface area contributed by atoms with Gasteiger partial charge < -0.3 is 4.74 Å². The topological polar surface area (TPSA) is 43.4 Å². The SMILES string of the molecule is COC(=O)c1ccc(CS(=O)c2ccccc2Br)cc1. The van der Waals surface area contributed by atoms with Gasteiger partial charge in [0, 0.05) is 4.47 Å². The zero-order valence-electron chi connectivity index (χ0n) is 10.8. The van der Waals surface area contributed by atoms with E-state index in [4.69, 9.17) is 0 Å². The number of carbonyl (C=O) groups excluding carboxylic acids is 1.